The summed E-state index contributed by atoms with van der Waals surface area (Å²) in [5.41, 5.74) is 5.40. The minimum absolute atomic E-state index is 0.0350. The highest BCUT2D eigenvalue weighted by molar-refractivity contribution is 7.99. The molecule has 3 N–H and O–H groups in total. The maximum Gasteiger partial charge on any atom is 0.327 e. The maximum atomic E-state index is 12.2. The second-order valence-corrected chi connectivity index (χ2v) is 6.69. The van der Waals surface area contributed by atoms with Gasteiger partial charge in [-0.3, -0.25) is 4.79 Å². The maximum absolute atomic E-state index is 12.2. The van der Waals surface area contributed by atoms with Gasteiger partial charge in [0.25, 0.3) is 0 Å². The number of hydrogen-bond acceptors (Lipinski definition) is 4. The molecule has 2 saturated heterocycles. The van der Waals surface area contributed by atoms with Gasteiger partial charge in [0, 0.05) is 0 Å². The van der Waals surface area contributed by atoms with Gasteiger partial charge in [0.15, 0.2) is 0 Å². The number of nitrogens with two attached hydrogens (primary N) is 1. The van der Waals surface area contributed by atoms with E-state index in [1.165, 1.54) is 4.90 Å². The molecule has 2 heterocycles. The number of thioether (sulfide) groups is 1. The molecule has 96 valence electrons. The fourth-order valence-corrected chi connectivity index (χ4v) is 4.31. The fourth-order valence-electron chi connectivity index (χ4n) is 2.71. The van der Waals surface area contributed by atoms with E-state index in [1.54, 1.807) is 11.8 Å². The first-order valence-electron chi connectivity index (χ1n) is 5.77. The summed E-state index contributed by atoms with van der Waals surface area (Å²) in [6, 6.07) is -1.31. The van der Waals surface area contributed by atoms with Crippen LogP contribution in [0.15, 0.2) is 0 Å². The molecule has 3 atom stereocenters. The average Bonchev–Trinajstić information content (AvgIpc) is 2.40. The standard InChI is InChI=1S/C11H18N2O3S/c1-11(2)5-7-13(8(11)10(15)16)9(14)6(12)3-4-17-7/h6-8H,3-5,12H2,1-2H3,(H,15,16)/t6-,7?,8+/m0/s1. The van der Waals surface area contributed by atoms with Gasteiger partial charge in [0.05, 0.1) is 11.4 Å². The van der Waals surface area contributed by atoms with Crippen LogP contribution >= 0.6 is 11.8 Å². The first kappa shape index (κ1) is 12.7. The van der Waals surface area contributed by atoms with Gasteiger partial charge in [-0.15, -0.1) is 11.8 Å². The molecular formula is C11H18N2O3S. The Morgan fingerprint density at radius 2 is 2.24 bits per heavy atom. The van der Waals surface area contributed by atoms with Crippen LogP contribution in [0.5, 0.6) is 0 Å². The van der Waals surface area contributed by atoms with Crippen molar-refractivity contribution in [1.29, 1.82) is 0 Å². The van der Waals surface area contributed by atoms with Gasteiger partial charge in [-0.05, 0) is 24.0 Å². The summed E-state index contributed by atoms with van der Waals surface area (Å²) in [4.78, 5) is 25.1. The van der Waals surface area contributed by atoms with Crippen molar-refractivity contribution in [2.24, 2.45) is 11.1 Å². The van der Waals surface area contributed by atoms with E-state index in [-0.39, 0.29) is 11.3 Å². The molecule has 2 aliphatic heterocycles. The van der Waals surface area contributed by atoms with Gasteiger partial charge in [0.1, 0.15) is 6.04 Å². The first-order valence-corrected chi connectivity index (χ1v) is 6.81. The molecule has 0 aliphatic carbocycles. The number of rotatable bonds is 1. The molecule has 0 radical (unpaired) electrons. The second kappa shape index (κ2) is 4.17. The van der Waals surface area contributed by atoms with Crippen molar-refractivity contribution in [2.45, 2.75) is 44.1 Å². The van der Waals surface area contributed by atoms with Crippen molar-refractivity contribution in [3.8, 4) is 0 Å². The molecule has 0 saturated carbocycles. The van der Waals surface area contributed by atoms with Gasteiger partial charge < -0.3 is 15.7 Å². The monoisotopic (exact) mass is 258 g/mol. The third kappa shape index (κ3) is 2.04. The van der Waals surface area contributed by atoms with E-state index < -0.39 is 23.5 Å². The Hall–Kier alpha value is -0.750. The smallest absolute Gasteiger partial charge is 0.327 e. The number of carbonyl (C=O) groups excluding carboxylic acids is 1. The van der Waals surface area contributed by atoms with E-state index in [1.807, 2.05) is 13.8 Å². The van der Waals surface area contributed by atoms with Gasteiger partial charge in [0.2, 0.25) is 5.91 Å². The Morgan fingerprint density at radius 1 is 1.59 bits per heavy atom. The number of amides is 1. The number of carboxylic acid groups (broad SMARTS) is 1. The molecule has 0 aromatic rings. The Morgan fingerprint density at radius 3 is 2.82 bits per heavy atom. The van der Waals surface area contributed by atoms with Crippen LogP contribution in [0, 0.1) is 5.41 Å². The molecule has 17 heavy (non-hydrogen) atoms. The van der Waals surface area contributed by atoms with E-state index in [0.29, 0.717) is 12.8 Å². The van der Waals surface area contributed by atoms with Crippen LogP contribution in [-0.4, -0.2) is 45.1 Å². The Labute approximate surface area is 105 Å². The molecule has 1 unspecified atom stereocenters. The highest BCUT2D eigenvalue weighted by atomic mass is 32.2. The lowest BCUT2D eigenvalue weighted by Gasteiger charge is -2.30. The van der Waals surface area contributed by atoms with Crippen molar-refractivity contribution in [3.05, 3.63) is 0 Å². The van der Waals surface area contributed by atoms with Crippen molar-refractivity contribution in [3.63, 3.8) is 0 Å². The second-order valence-electron chi connectivity index (χ2n) is 5.40. The Kier molecular flexibility index (Phi) is 3.12. The van der Waals surface area contributed by atoms with Gasteiger partial charge in [-0.2, -0.15) is 0 Å². The van der Waals surface area contributed by atoms with E-state index in [0.717, 1.165) is 5.75 Å². The highest BCUT2D eigenvalue weighted by Crippen LogP contribution is 2.45. The van der Waals surface area contributed by atoms with Crippen molar-refractivity contribution >= 4 is 23.6 Å². The molecule has 1 amide bonds. The van der Waals surface area contributed by atoms with E-state index in [2.05, 4.69) is 0 Å². The van der Waals surface area contributed by atoms with Crippen LogP contribution < -0.4 is 5.73 Å². The van der Waals surface area contributed by atoms with Gasteiger partial charge in [-0.25, -0.2) is 4.79 Å². The predicted molar refractivity (Wildman–Crippen MR) is 65.5 cm³/mol. The van der Waals surface area contributed by atoms with Crippen LogP contribution in [0.4, 0.5) is 0 Å². The van der Waals surface area contributed by atoms with Crippen LogP contribution in [0.1, 0.15) is 26.7 Å². The van der Waals surface area contributed by atoms with E-state index >= 15 is 0 Å². The number of hydrogen-bond donors (Lipinski definition) is 2. The Bertz CT molecular complexity index is 359. The lowest BCUT2D eigenvalue weighted by Crippen LogP contribution is -2.52. The molecule has 0 bridgehead atoms. The lowest BCUT2D eigenvalue weighted by atomic mass is 9.84. The summed E-state index contributed by atoms with van der Waals surface area (Å²) in [6.45, 7) is 3.81. The highest BCUT2D eigenvalue weighted by Gasteiger charge is 2.53. The molecular weight excluding hydrogens is 240 g/mol. The molecule has 2 fully saturated rings. The van der Waals surface area contributed by atoms with Gasteiger partial charge in [-0.1, -0.05) is 13.8 Å². The number of nitrogens with zero attached hydrogens (tertiary/aromatic N) is 1. The zero-order chi connectivity index (χ0) is 12.8. The summed E-state index contributed by atoms with van der Waals surface area (Å²) in [6.07, 6.45) is 1.34. The third-order valence-corrected chi connectivity index (χ3v) is 4.82. The topological polar surface area (TPSA) is 83.6 Å². The largest absolute Gasteiger partial charge is 0.480 e. The molecule has 2 aliphatic rings. The summed E-state index contributed by atoms with van der Waals surface area (Å²) >= 11 is 1.65. The molecule has 5 nitrogen and oxygen atoms in total. The molecule has 0 aromatic carbocycles. The fraction of sp³-hybridized carbons (Fsp3) is 0.818. The molecule has 0 aromatic heterocycles. The minimum Gasteiger partial charge on any atom is -0.480 e. The summed E-state index contributed by atoms with van der Waals surface area (Å²) in [7, 11) is 0. The SMILES string of the molecule is CC1(C)CC2SCC[C@H](N)C(=O)N2[C@@H]1C(=O)O. The van der Waals surface area contributed by atoms with E-state index in [9.17, 15) is 14.7 Å². The molecule has 0 spiro atoms. The quantitative estimate of drug-likeness (QED) is 0.715. The van der Waals surface area contributed by atoms with Crippen molar-refractivity contribution < 1.29 is 14.7 Å². The van der Waals surface area contributed by atoms with Crippen LogP contribution in [0.3, 0.4) is 0 Å². The molecule has 2 rings (SSSR count). The van der Waals surface area contributed by atoms with Gasteiger partial charge >= 0.3 is 5.97 Å². The number of fused-ring (bicyclic) bond motifs is 1. The summed E-state index contributed by atoms with van der Waals surface area (Å²) < 4.78 is 0. The number of aliphatic carboxylic acids is 1. The first-order chi connectivity index (χ1) is 7.84. The zero-order valence-electron chi connectivity index (χ0n) is 10.0. The van der Waals surface area contributed by atoms with Crippen molar-refractivity contribution in [1.82, 2.24) is 4.90 Å². The summed E-state index contributed by atoms with van der Waals surface area (Å²) in [5, 5.41) is 9.30. The van der Waals surface area contributed by atoms with Crippen LogP contribution in [-0.2, 0) is 9.59 Å². The average molecular weight is 258 g/mol. The van der Waals surface area contributed by atoms with E-state index in [4.69, 9.17) is 5.73 Å². The lowest BCUT2D eigenvalue weighted by molar-refractivity contribution is -0.152. The van der Waals surface area contributed by atoms with Crippen molar-refractivity contribution in [2.75, 3.05) is 5.75 Å². The minimum atomic E-state index is -0.930. The zero-order valence-corrected chi connectivity index (χ0v) is 10.9. The molecule has 6 heteroatoms. The summed E-state index contributed by atoms with van der Waals surface area (Å²) in [5.74, 6) is -0.324. The Balaban J connectivity index is 2.37. The third-order valence-electron chi connectivity index (χ3n) is 3.57. The predicted octanol–water partition coefficient (Wildman–Crippen LogP) is 0.488. The van der Waals surface area contributed by atoms with Crippen LogP contribution in [0.25, 0.3) is 0 Å². The normalized spacial score (nSPS) is 36.5. The number of carbonyl (C=O) groups is 2. The van der Waals surface area contributed by atoms with Crippen LogP contribution in [0.2, 0.25) is 0 Å². The number of carboxylic acids is 1.